The molecule has 0 radical (unpaired) electrons. The zero-order valence-corrected chi connectivity index (χ0v) is 11.5. The van der Waals surface area contributed by atoms with E-state index < -0.39 is 5.54 Å². The lowest BCUT2D eigenvalue weighted by atomic mass is 9.83. The molecule has 2 unspecified atom stereocenters. The third kappa shape index (κ3) is 5.06. The van der Waals surface area contributed by atoms with Gasteiger partial charge in [0.15, 0.2) is 0 Å². The Morgan fingerprint density at radius 1 is 1.53 bits per heavy atom. The Balaban J connectivity index is 2.17. The van der Waals surface area contributed by atoms with Crippen LogP contribution in [0, 0.1) is 17.2 Å². The van der Waals surface area contributed by atoms with Crippen molar-refractivity contribution in [2.75, 3.05) is 13.2 Å². The summed E-state index contributed by atoms with van der Waals surface area (Å²) in [6, 6.07) is 2.34. The van der Waals surface area contributed by atoms with Gasteiger partial charge < -0.3 is 4.74 Å². The first-order valence-electron chi connectivity index (χ1n) is 6.87. The van der Waals surface area contributed by atoms with Gasteiger partial charge in [-0.25, -0.2) is 0 Å². The fraction of sp³-hybridized carbons (Fsp3) is 0.929. The van der Waals surface area contributed by atoms with E-state index in [1.165, 1.54) is 25.7 Å². The van der Waals surface area contributed by atoms with E-state index in [4.69, 9.17) is 10.00 Å². The molecule has 3 heteroatoms. The number of rotatable bonds is 8. The number of hydrogen-bond donors (Lipinski definition) is 1. The second kappa shape index (κ2) is 6.98. The second-order valence-corrected chi connectivity index (χ2v) is 5.45. The number of nitrogens with zero attached hydrogens (tertiary/aromatic N) is 1. The topological polar surface area (TPSA) is 45.0 Å². The van der Waals surface area contributed by atoms with Gasteiger partial charge in [-0.15, -0.1) is 0 Å². The molecule has 3 nitrogen and oxygen atoms in total. The van der Waals surface area contributed by atoms with Gasteiger partial charge in [-0.05, 0) is 32.7 Å². The predicted molar refractivity (Wildman–Crippen MR) is 69.7 cm³/mol. The minimum Gasteiger partial charge on any atom is -0.378 e. The highest BCUT2D eigenvalue weighted by atomic mass is 16.5. The molecule has 0 aliphatic heterocycles. The van der Waals surface area contributed by atoms with E-state index in [1.807, 2.05) is 13.8 Å². The van der Waals surface area contributed by atoms with Gasteiger partial charge in [0, 0.05) is 13.0 Å². The van der Waals surface area contributed by atoms with Crippen molar-refractivity contribution < 1.29 is 4.74 Å². The second-order valence-electron chi connectivity index (χ2n) is 5.45. The van der Waals surface area contributed by atoms with Crippen LogP contribution in [0.1, 0.15) is 52.9 Å². The summed E-state index contributed by atoms with van der Waals surface area (Å²) >= 11 is 0. The summed E-state index contributed by atoms with van der Waals surface area (Å²) in [5.74, 6) is 0.901. The lowest BCUT2D eigenvalue weighted by Crippen LogP contribution is -2.43. The standard InChI is InChI=1S/C14H26N2O/c1-4-16-14(3,11-15)10-12(2)17-9-8-13-6-5-7-13/h12-13,16H,4-10H2,1-3H3. The van der Waals surface area contributed by atoms with E-state index in [0.717, 1.165) is 25.5 Å². The van der Waals surface area contributed by atoms with Crippen molar-refractivity contribution in [1.29, 1.82) is 5.26 Å². The van der Waals surface area contributed by atoms with Crippen molar-refractivity contribution in [3.63, 3.8) is 0 Å². The number of nitrogens with one attached hydrogen (secondary N) is 1. The van der Waals surface area contributed by atoms with E-state index in [0.29, 0.717) is 0 Å². The number of ether oxygens (including phenoxy) is 1. The quantitative estimate of drug-likeness (QED) is 0.707. The highest BCUT2D eigenvalue weighted by Gasteiger charge is 2.25. The summed E-state index contributed by atoms with van der Waals surface area (Å²) < 4.78 is 5.80. The zero-order valence-electron chi connectivity index (χ0n) is 11.5. The van der Waals surface area contributed by atoms with Gasteiger partial charge in [-0.1, -0.05) is 26.2 Å². The highest BCUT2D eigenvalue weighted by Crippen LogP contribution is 2.29. The Bertz CT molecular complexity index is 257. The van der Waals surface area contributed by atoms with Crippen LogP contribution in [-0.2, 0) is 4.74 Å². The van der Waals surface area contributed by atoms with Gasteiger partial charge in [-0.2, -0.15) is 5.26 Å². The normalized spacial score (nSPS) is 21.3. The van der Waals surface area contributed by atoms with Crippen molar-refractivity contribution in [3.05, 3.63) is 0 Å². The molecule has 1 fully saturated rings. The number of hydrogen-bond acceptors (Lipinski definition) is 3. The van der Waals surface area contributed by atoms with Crippen molar-refractivity contribution >= 4 is 0 Å². The fourth-order valence-corrected chi connectivity index (χ4v) is 2.40. The number of nitriles is 1. The lowest BCUT2D eigenvalue weighted by Gasteiger charge is -2.28. The van der Waals surface area contributed by atoms with Crippen LogP contribution in [0.15, 0.2) is 0 Å². The Morgan fingerprint density at radius 2 is 2.24 bits per heavy atom. The SMILES string of the molecule is CCNC(C)(C#N)CC(C)OCCC1CCC1. The zero-order chi connectivity index (χ0) is 12.7. The van der Waals surface area contributed by atoms with E-state index in [-0.39, 0.29) is 6.10 Å². The van der Waals surface area contributed by atoms with Crippen LogP contribution in [0.5, 0.6) is 0 Å². The third-order valence-corrected chi connectivity index (χ3v) is 3.66. The van der Waals surface area contributed by atoms with Gasteiger partial charge in [0.25, 0.3) is 0 Å². The smallest absolute Gasteiger partial charge is 0.106 e. The molecule has 0 amide bonds. The van der Waals surface area contributed by atoms with E-state index in [9.17, 15) is 0 Å². The molecule has 1 rings (SSSR count). The molecular formula is C14H26N2O. The molecule has 1 aliphatic rings. The van der Waals surface area contributed by atoms with Crippen molar-refractivity contribution in [1.82, 2.24) is 5.32 Å². The summed E-state index contributed by atoms with van der Waals surface area (Å²) in [6.45, 7) is 7.70. The summed E-state index contributed by atoms with van der Waals surface area (Å²) in [4.78, 5) is 0. The molecule has 0 bridgehead atoms. The predicted octanol–water partition coefficient (Wildman–Crippen LogP) is 2.86. The van der Waals surface area contributed by atoms with Gasteiger partial charge in [0.05, 0.1) is 12.2 Å². The maximum atomic E-state index is 9.16. The van der Waals surface area contributed by atoms with Crippen LogP contribution in [0.4, 0.5) is 0 Å². The van der Waals surface area contributed by atoms with Crippen LogP contribution >= 0.6 is 0 Å². The Hall–Kier alpha value is -0.590. The summed E-state index contributed by atoms with van der Waals surface area (Å²) in [5, 5.41) is 12.4. The van der Waals surface area contributed by atoms with Gasteiger partial charge in [0.2, 0.25) is 0 Å². The first-order valence-corrected chi connectivity index (χ1v) is 6.87. The van der Waals surface area contributed by atoms with Crippen LogP contribution in [-0.4, -0.2) is 24.8 Å². The lowest BCUT2D eigenvalue weighted by molar-refractivity contribution is 0.0337. The average Bonchev–Trinajstić information content (AvgIpc) is 2.22. The first kappa shape index (κ1) is 14.5. The molecule has 98 valence electrons. The molecule has 1 aliphatic carbocycles. The average molecular weight is 238 g/mol. The van der Waals surface area contributed by atoms with E-state index >= 15 is 0 Å². The monoisotopic (exact) mass is 238 g/mol. The molecule has 0 heterocycles. The molecular weight excluding hydrogens is 212 g/mol. The van der Waals surface area contributed by atoms with Crippen molar-refractivity contribution in [3.8, 4) is 6.07 Å². The van der Waals surface area contributed by atoms with Crippen LogP contribution in [0.2, 0.25) is 0 Å². The van der Waals surface area contributed by atoms with Crippen LogP contribution in [0.25, 0.3) is 0 Å². The van der Waals surface area contributed by atoms with E-state index in [2.05, 4.69) is 18.3 Å². The summed E-state index contributed by atoms with van der Waals surface area (Å²) in [6.07, 6.45) is 6.25. The minimum atomic E-state index is -0.454. The molecule has 0 aromatic heterocycles. The molecule has 0 aromatic carbocycles. The molecule has 1 N–H and O–H groups in total. The summed E-state index contributed by atoms with van der Waals surface area (Å²) in [7, 11) is 0. The van der Waals surface area contributed by atoms with Gasteiger partial charge >= 0.3 is 0 Å². The van der Waals surface area contributed by atoms with Crippen LogP contribution in [0.3, 0.4) is 0 Å². The van der Waals surface area contributed by atoms with E-state index in [1.54, 1.807) is 0 Å². The summed E-state index contributed by atoms with van der Waals surface area (Å²) in [5.41, 5.74) is -0.454. The van der Waals surface area contributed by atoms with Crippen molar-refractivity contribution in [2.24, 2.45) is 5.92 Å². The Morgan fingerprint density at radius 3 is 2.71 bits per heavy atom. The van der Waals surface area contributed by atoms with Gasteiger partial charge in [0.1, 0.15) is 5.54 Å². The maximum Gasteiger partial charge on any atom is 0.106 e. The Kier molecular flexibility index (Phi) is 5.94. The third-order valence-electron chi connectivity index (χ3n) is 3.66. The minimum absolute atomic E-state index is 0.152. The molecule has 17 heavy (non-hydrogen) atoms. The molecule has 0 spiro atoms. The molecule has 2 atom stereocenters. The highest BCUT2D eigenvalue weighted by molar-refractivity contribution is 5.04. The van der Waals surface area contributed by atoms with Gasteiger partial charge in [-0.3, -0.25) is 5.32 Å². The largest absolute Gasteiger partial charge is 0.378 e. The van der Waals surface area contributed by atoms with Crippen LogP contribution < -0.4 is 5.32 Å². The Labute approximate surface area is 106 Å². The van der Waals surface area contributed by atoms with Crippen molar-refractivity contribution in [2.45, 2.75) is 64.5 Å². The maximum absolute atomic E-state index is 9.16. The molecule has 1 saturated carbocycles. The first-order chi connectivity index (χ1) is 8.09. The fourth-order valence-electron chi connectivity index (χ4n) is 2.40. The molecule has 0 saturated heterocycles. The molecule has 0 aromatic rings.